The van der Waals surface area contributed by atoms with Crippen LogP contribution in [-0.2, 0) is 11.3 Å². The zero-order valence-electron chi connectivity index (χ0n) is 9.74. The lowest BCUT2D eigenvalue weighted by Gasteiger charge is -2.13. The monoisotopic (exact) mass is 237 g/mol. The Morgan fingerprint density at radius 2 is 2.35 bits per heavy atom. The largest absolute Gasteiger partial charge is 0.352 e. The highest BCUT2D eigenvalue weighted by molar-refractivity contribution is 5.81. The van der Waals surface area contributed by atoms with Gasteiger partial charge in [0, 0.05) is 18.8 Å². The van der Waals surface area contributed by atoms with Gasteiger partial charge in [-0.05, 0) is 31.4 Å². The number of hydrogen-bond donors (Lipinski definition) is 2. The van der Waals surface area contributed by atoms with Crippen LogP contribution in [0.25, 0.3) is 0 Å². The summed E-state index contributed by atoms with van der Waals surface area (Å²) in [5.41, 5.74) is 0.732. The summed E-state index contributed by atoms with van der Waals surface area (Å²) >= 11 is 0. The molecule has 5 heteroatoms. The fourth-order valence-corrected chi connectivity index (χ4v) is 1.47. The van der Waals surface area contributed by atoms with E-state index in [1.165, 1.54) is 6.07 Å². The Labute approximate surface area is 99.6 Å². The molecule has 1 aromatic rings. The number of pyridine rings is 1. The van der Waals surface area contributed by atoms with Crippen LogP contribution in [0.3, 0.4) is 0 Å². The molecule has 1 saturated carbocycles. The Bertz CT molecular complexity index is 406. The molecule has 1 aromatic heterocycles. The van der Waals surface area contributed by atoms with Crippen molar-refractivity contribution in [2.24, 2.45) is 0 Å². The molecule has 92 valence electrons. The van der Waals surface area contributed by atoms with E-state index in [0.717, 1.165) is 24.6 Å². The summed E-state index contributed by atoms with van der Waals surface area (Å²) in [5.74, 6) is -0.365. The minimum Gasteiger partial charge on any atom is -0.352 e. The molecule has 1 unspecified atom stereocenters. The SMILES string of the molecule is CC(NCc1cncc(F)c1)C(=O)NC1CC1. The smallest absolute Gasteiger partial charge is 0.237 e. The molecule has 2 N–H and O–H groups in total. The van der Waals surface area contributed by atoms with Gasteiger partial charge in [0.2, 0.25) is 5.91 Å². The number of hydrogen-bond acceptors (Lipinski definition) is 3. The Morgan fingerprint density at radius 3 is 3.00 bits per heavy atom. The Kier molecular flexibility index (Phi) is 3.68. The van der Waals surface area contributed by atoms with Gasteiger partial charge in [-0.15, -0.1) is 0 Å². The molecule has 1 fully saturated rings. The second-order valence-corrected chi connectivity index (χ2v) is 4.40. The van der Waals surface area contributed by atoms with Gasteiger partial charge in [0.05, 0.1) is 12.2 Å². The van der Waals surface area contributed by atoms with Crippen LogP contribution in [-0.4, -0.2) is 23.0 Å². The fourth-order valence-electron chi connectivity index (χ4n) is 1.47. The van der Waals surface area contributed by atoms with Gasteiger partial charge in [-0.1, -0.05) is 0 Å². The minimum atomic E-state index is -0.362. The van der Waals surface area contributed by atoms with Crippen LogP contribution in [0.15, 0.2) is 18.5 Å². The van der Waals surface area contributed by atoms with Crippen LogP contribution >= 0.6 is 0 Å². The molecule has 1 aliphatic rings. The van der Waals surface area contributed by atoms with Gasteiger partial charge in [-0.3, -0.25) is 9.78 Å². The van der Waals surface area contributed by atoms with Crippen LogP contribution in [0.2, 0.25) is 0 Å². The molecule has 4 nitrogen and oxygen atoms in total. The molecular formula is C12H16FN3O. The van der Waals surface area contributed by atoms with Crippen molar-refractivity contribution in [3.8, 4) is 0 Å². The zero-order chi connectivity index (χ0) is 12.3. The van der Waals surface area contributed by atoms with E-state index in [4.69, 9.17) is 0 Å². The third-order valence-corrected chi connectivity index (χ3v) is 2.69. The molecule has 1 atom stereocenters. The summed E-state index contributed by atoms with van der Waals surface area (Å²) in [6.45, 7) is 2.23. The van der Waals surface area contributed by atoms with E-state index in [9.17, 15) is 9.18 Å². The first-order valence-electron chi connectivity index (χ1n) is 5.78. The zero-order valence-corrected chi connectivity index (χ0v) is 9.74. The second-order valence-electron chi connectivity index (χ2n) is 4.40. The molecule has 1 amide bonds. The van der Waals surface area contributed by atoms with E-state index < -0.39 is 0 Å². The molecule has 0 bridgehead atoms. The van der Waals surface area contributed by atoms with Gasteiger partial charge in [-0.25, -0.2) is 4.39 Å². The topological polar surface area (TPSA) is 54.0 Å². The molecule has 0 radical (unpaired) electrons. The highest BCUT2D eigenvalue weighted by Gasteiger charge is 2.25. The van der Waals surface area contributed by atoms with Crippen molar-refractivity contribution < 1.29 is 9.18 Å². The van der Waals surface area contributed by atoms with Crippen LogP contribution in [0, 0.1) is 5.82 Å². The number of carbonyl (C=O) groups is 1. The van der Waals surface area contributed by atoms with Crippen LogP contribution < -0.4 is 10.6 Å². The number of amides is 1. The summed E-state index contributed by atoms with van der Waals surface area (Å²) < 4.78 is 12.9. The standard InChI is InChI=1S/C12H16FN3O/c1-8(12(17)16-11-2-3-11)15-6-9-4-10(13)7-14-5-9/h4-5,7-8,11,15H,2-3,6H2,1H3,(H,16,17). The number of nitrogens with one attached hydrogen (secondary N) is 2. The number of rotatable bonds is 5. The number of nitrogens with zero attached hydrogens (tertiary/aromatic N) is 1. The molecule has 0 aliphatic heterocycles. The van der Waals surface area contributed by atoms with E-state index in [1.54, 1.807) is 13.1 Å². The predicted octanol–water partition coefficient (Wildman–Crippen LogP) is 0.977. The molecule has 0 spiro atoms. The molecule has 2 rings (SSSR count). The second kappa shape index (κ2) is 5.23. The number of halogens is 1. The van der Waals surface area contributed by atoms with Crippen molar-refractivity contribution in [1.82, 2.24) is 15.6 Å². The van der Waals surface area contributed by atoms with Crippen molar-refractivity contribution in [2.75, 3.05) is 0 Å². The van der Waals surface area contributed by atoms with Gasteiger partial charge in [-0.2, -0.15) is 0 Å². The van der Waals surface area contributed by atoms with Crippen molar-refractivity contribution >= 4 is 5.91 Å². The lowest BCUT2D eigenvalue weighted by Crippen LogP contribution is -2.42. The van der Waals surface area contributed by atoms with Gasteiger partial charge >= 0.3 is 0 Å². The van der Waals surface area contributed by atoms with Crippen LogP contribution in [0.4, 0.5) is 4.39 Å². The van der Waals surface area contributed by atoms with Crippen molar-refractivity contribution in [2.45, 2.75) is 38.4 Å². The van der Waals surface area contributed by atoms with Crippen LogP contribution in [0.5, 0.6) is 0 Å². The maximum atomic E-state index is 12.9. The van der Waals surface area contributed by atoms with E-state index in [1.807, 2.05) is 0 Å². The average Bonchev–Trinajstić information content (AvgIpc) is 3.10. The summed E-state index contributed by atoms with van der Waals surface area (Å²) in [4.78, 5) is 15.4. The van der Waals surface area contributed by atoms with Crippen molar-refractivity contribution in [1.29, 1.82) is 0 Å². The first kappa shape index (κ1) is 12.0. The van der Waals surface area contributed by atoms with E-state index in [0.29, 0.717) is 12.6 Å². The molecule has 1 heterocycles. The van der Waals surface area contributed by atoms with Gasteiger partial charge in [0.15, 0.2) is 0 Å². The van der Waals surface area contributed by atoms with Gasteiger partial charge in [0.1, 0.15) is 5.82 Å². The molecular weight excluding hydrogens is 221 g/mol. The van der Waals surface area contributed by atoms with Gasteiger partial charge in [0.25, 0.3) is 0 Å². The normalized spacial score (nSPS) is 16.6. The van der Waals surface area contributed by atoms with E-state index in [-0.39, 0.29) is 17.8 Å². The minimum absolute atomic E-state index is 0.00291. The maximum absolute atomic E-state index is 12.9. The van der Waals surface area contributed by atoms with E-state index in [2.05, 4.69) is 15.6 Å². The summed E-state index contributed by atoms with van der Waals surface area (Å²) in [6, 6.07) is 1.49. The third kappa shape index (κ3) is 3.78. The van der Waals surface area contributed by atoms with Crippen molar-refractivity contribution in [3.05, 3.63) is 29.8 Å². The highest BCUT2D eigenvalue weighted by atomic mass is 19.1. The first-order valence-corrected chi connectivity index (χ1v) is 5.78. The fraction of sp³-hybridized carbons (Fsp3) is 0.500. The van der Waals surface area contributed by atoms with E-state index >= 15 is 0 Å². The summed E-state index contributed by atoms with van der Waals surface area (Å²) in [5, 5.41) is 5.95. The lowest BCUT2D eigenvalue weighted by molar-refractivity contribution is -0.122. The molecule has 1 aliphatic carbocycles. The predicted molar refractivity (Wildman–Crippen MR) is 61.7 cm³/mol. The highest BCUT2D eigenvalue weighted by Crippen LogP contribution is 2.18. The molecule has 0 saturated heterocycles. The summed E-state index contributed by atoms with van der Waals surface area (Å²) in [7, 11) is 0. The lowest BCUT2D eigenvalue weighted by atomic mass is 10.2. The Morgan fingerprint density at radius 1 is 1.59 bits per heavy atom. The maximum Gasteiger partial charge on any atom is 0.237 e. The quantitative estimate of drug-likeness (QED) is 0.802. The Balaban J connectivity index is 1.78. The summed E-state index contributed by atoms with van der Waals surface area (Å²) in [6.07, 6.45) is 4.90. The number of carbonyl (C=O) groups excluding carboxylic acids is 1. The third-order valence-electron chi connectivity index (χ3n) is 2.69. The van der Waals surface area contributed by atoms with Gasteiger partial charge < -0.3 is 10.6 Å². The average molecular weight is 237 g/mol. The first-order chi connectivity index (χ1) is 8.15. The number of aromatic nitrogens is 1. The Hall–Kier alpha value is -1.49. The molecule has 17 heavy (non-hydrogen) atoms. The molecule has 0 aromatic carbocycles. The van der Waals surface area contributed by atoms with Crippen LogP contribution in [0.1, 0.15) is 25.3 Å². The van der Waals surface area contributed by atoms with Crippen molar-refractivity contribution in [3.63, 3.8) is 0 Å².